The van der Waals surface area contributed by atoms with Gasteiger partial charge in [-0.3, -0.25) is 9.69 Å². The molecule has 8 heteroatoms. The maximum absolute atomic E-state index is 12.9. The summed E-state index contributed by atoms with van der Waals surface area (Å²) in [7, 11) is 1.29. The fraction of sp³-hybridized carbons (Fsp3) is 0.364. The number of hydrogen-bond acceptors (Lipinski definition) is 4. The zero-order valence-corrected chi connectivity index (χ0v) is 16.5. The van der Waals surface area contributed by atoms with Crippen LogP contribution in [0.3, 0.4) is 0 Å². The summed E-state index contributed by atoms with van der Waals surface area (Å²) in [4.78, 5) is 26.0. The number of carbonyl (C=O) groups is 2. The smallest absolute Gasteiger partial charge is 0.416 e. The molecule has 1 amide bonds. The van der Waals surface area contributed by atoms with Gasteiger partial charge in [0.15, 0.2) is 0 Å². The van der Waals surface area contributed by atoms with Gasteiger partial charge in [0.25, 0.3) is 5.91 Å². The Morgan fingerprint density at radius 2 is 1.70 bits per heavy atom. The summed E-state index contributed by atoms with van der Waals surface area (Å²) in [6, 6.07) is 11.6. The fourth-order valence-electron chi connectivity index (χ4n) is 3.48. The molecule has 0 saturated carbocycles. The Balaban J connectivity index is 1.50. The number of benzene rings is 2. The van der Waals surface area contributed by atoms with Crippen LogP contribution in [0.4, 0.5) is 13.2 Å². The van der Waals surface area contributed by atoms with E-state index in [1.807, 2.05) is 0 Å². The van der Waals surface area contributed by atoms with Gasteiger partial charge in [0.2, 0.25) is 0 Å². The Kier molecular flexibility index (Phi) is 6.77. The number of nitrogens with one attached hydrogen (secondary N) is 1. The van der Waals surface area contributed by atoms with E-state index in [4.69, 9.17) is 0 Å². The Labute approximate surface area is 172 Å². The van der Waals surface area contributed by atoms with Crippen molar-refractivity contribution in [3.63, 3.8) is 0 Å². The van der Waals surface area contributed by atoms with E-state index in [2.05, 4.69) is 15.0 Å². The van der Waals surface area contributed by atoms with Crippen LogP contribution < -0.4 is 5.32 Å². The van der Waals surface area contributed by atoms with Crippen LogP contribution in [0, 0.1) is 0 Å². The number of likely N-dealkylation sites (tertiary alicyclic amines) is 1. The van der Waals surface area contributed by atoms with Crippen molar-refractivity contribution in [1.82, 2.24) is 10.2 Å². The lowest BCUT2D eigenvalue weighted by Gasteiger charge is -2.32. The molecule has 0 unspecified atom stereocenters. The van der Waals surface area contributed by atoms with E-state index < -0.39 is 17.7 Å². The van der Waals surface area contributed by atoms with E-state index in [1.165, 1.54) is 19.2 Å². The molecule has 0 bridgehead atoms. The van der Waals surface area contributed by atoms with Gasteiger partial charge in [-0.25, -0.2) is 4.79 Å². The molecule has 1 N–H and O–H groups in total. The molecule has 2 aromatic rings. The largest absolute Gasteiger partial charge is 0.465 e. The summed E-state index contributed by atoms with van der Waals surface area (Å²) >= 11 is 0. The van der Waals surface area contributed by atoms with Crippen molar-refractivity contribution < 1.29 is 27.5 Å². The lowest BCUT2D eigenvalue weighted by Crippen LogP contribution is -2.44. The topological polar surface area (TPSA) is 58.6 Å². The van der Waals surface area contributed by atoms with Gasteiger partial charge in [-0.05, 0) is 48.7 Å². The second-order valence-electron chi connectivity index (χ2n) is 7.29. The third kappa shape index (κ3) is 5.60. The third-order valence-corrected chi connectivity index (χ3v) is 5.15. The summed E-state index contributed by atoms with van der Waals surface area (Å²) in [5.74, 6) is -0.683. The number of hydrogen-bond donors (Lipinski definition) is 1. The van der Waals surface area contributed by atoms with Crippen LogP contribution in [0.2, 0.25) is 0 Å². The number of amides is 1. The van der Waals surface area contributed by atoms with E-state index in [0.717, 1.165) is 6.07 Å². The summed E-state index contributed by atoms with van der Waals surface area (Å²) in [6.07, 6.45) is -2.92. The Bertz CT molecular complexity index is 889. The molecule has 2 aromatic carbocycles. The van der Waals surface area contributed by atoms with Gasteiger partial charge in [-0.2, -0.15) is 13.2 Å². The number of carbonyl (C=O) groups excluding carboxylic acids is 2. The lowest BCUT2D eigenvalue weighted by atomic mass is 10.0. The fourth-order valence-corrected chi connectivity index (χ4v) is 3.48. The molecule has 30 heavy (non-hydrogen) atoms. The summed E-state index contributed by atoms with van der Waals surface area (Å²) in [5, 5.41) is 2.98. The van der Waals surface area contributed by atoms with Gasteiger partial charge in [-0.1, -0.05) is 18.2 Å². The van der Waals surface area contributed by atoms with Crippen LogP contribution in [0.25, 0.3) is 0 Å². The van der Waals surface area contributed by atoms with Crippen LogP contribution >= 0.6 is 0 Å². The van der Waals surface area contributed by atoms with Crippen molar-refractivity contribution in [2.45, 2.75) is 31.6 Å². The van der Waals surface area contributed by atoms with Crippen molar-refractivity contribution in [1.29, 1.82) is 0 Å². The van der Waals surface area contributed by atoms with Gasteiger partial charge in [0.1, 0.15) is 0 Å². The van der Waals surface area contributed by atoms with E-state index in [9.17, 15) is 22.8 Å². The maximum atomic E-state index is 12.9. The monoisotopic (exact) mass is 420 g/mol. The Morgan fingerprint density at radius 1 is 1.07 bits per heavy atom. The Morgan fingerprint density at radius 3 is 2.30 bits per heavy atom. The number of esters is 1. The highest BCUT2D eigenvalue weighted by molar-refractivity contribution is 5.96. The predicted octanol–water partition coefficient (Wildman–Crippen LogP) is 3.89. The van der Waals surface area contributed by atoms with Crippen LogP contribution in [0.5, 0.6) is 0 Å². The van der Waals surface area contributed by atoms with E-state index in [1.54, 1.807) is 30.3 Å². The number of piperidine rings is 1. The normalized spacial score (nSPS) is 15.6. The first-order valence-corrected chi connectivity index (χ1v) is 9.64. The highest BCUT2D eigenvalue weighted by atomic mass is 19.4. The van der Waals surface area contributed by atoms with E-state index >= 15 is 0 Å². The van der Waals surface area contributed by atoms with Crippen molar-refractivity contribution in [2.75, 3.05) is 20.2 Å². The molecular formula is C22H23F3N2O3. The summed E-state index contributed by atoms with van der Waals surface area (Å²) in [5.41, 5.74) is 0.810. The van der Waals surface area contributed by atoms with Gasteiger partial charge in [0.05, 0.1) is 18.2 Å². The molecular weight excluding hydrogens is 397 g/mol. The first-order valence-electron chi connectivity index (χ1n) is 9.64. The number of ether oxygens (including phenoxy) is 1. The van der Waals surface area contributed by atoms with Crippen molar-refractivity contribution in [3.05, 3.63) is 70.8 Å². The molecule has 0 radical (unpaired) electrons. The van der Waals surface area contributed by atoms with Crippen LogP contribution in [-0.4, -0.2) is 43.0 Å². The highest BCUT2D eigenvalue weighted by Crippen LogP contribution is 2.30. The first kappa shape index (κ1) is 21.8. The standard InChI is InChI=1S/C22H23F3N2O3/c1-30-21(29)17-7-5-16(6-8-17)20(28)26-19-9-11-27(12-10-19)14-15-3-2-4-18(13-15)22(23,24)25/h2-8,13,19H,9-12,14H2,1H3,(H,26,28). The molecule has 1 fully saturated rings. The minimum Gasteiger partial charge on any atom is -0.465 e. The Hall–Kier alpha value is -2.87. The van der Waals surface area contributed by atoms with Crippen LogP contribution in [-0.2, 0) is 17.5 Å². The maximum Gasteiger partial charge on any atom is 0.416 e. The molecule has 1 aliphatic rings. The lowest BCUT2D eigenvalue weighted by molar-refractivity contribution is -0.137. The van der Waals surface area contributed by atoms with Crippen molar-refractivity contribution in [2.24, 2.45) is 0 Å². The number of methoxy groups -OCH3 is 1. The zero-order chi connectivity index (χ0) is 21.7. The van der Waals surface area contributed by atoms with Gasteiger partial charge in [0, 0.05) is 31.2 Å². The minimum absolute atomic E-state index is 0.00413. The van der Waals surface area contributed by atoms with Gasteiger partial charge in [-0.15, -0.1) is 0 Å². The quantitative estimate of drug-likeness (QED) is 0.746. The molecule has 1 heterocycles. The first-order chi connectivity index (χ1) is 14.3. The molecule has 0 aliphatic carbocycles. The zero-order valence-electron chi connectivity index (χ0n) is 16.5. The van der Waals surface area contributed by atoms with Gasteiger partial charge >= 0.3 is 12.1 Å². The molecule has 1 aliphatic heterocycles. The molecule has 0 spiro atoms. The highest BCUT2D eigenvalue weighted by Gasteiger charge is 2.30. The number of halogens is 3. The summed E-state index contributed by atoms with van der Waals surface area (Å²) in [6.45, 7) is 1.81. The third-order valence-electron chi connectivity index (χ3n) is 5.15. The second-order valence-corrected chi connectivity index (χ2v) is 7.29. The molecule has 1 saturated heterocycles. The SMILES string of the molecule is COC(=O)c1ccc(C(=O)NC2CCN(Cc3cccc(C(F)(F)F)c3)CC2)cc1. The second kappa shape index (κ2) is 9.30. The molecule has 3 rings (SSSR count). The number of alkyl halides is 3. The number of rotatable bonds is 5. The van der Waals surface area contributed by atoms with Crippen LogP contribution in [0.1, 0.15) is 44.7 Å². The average Bonchev–Trinajstić information content (AvgIpc) is 2.74. The molecule has 160 valence electrons. The summed E-state index contributed by atoms with van der Waals surface area (Å²) < 4.78 is 43.2. The van der Waals surface area contributed by atoms with E-state index in [0.29, 0.717) is 49.2 Å². The molecule has 5 nitrogen and oxygen atoms in total. The van der Waals surface area contributed by atoms with Crippen molar-refractivity contribution >= 4 is 11.9 Å². The molecule has 0 aromatic heterocycles. The average molecular weight is 420 g/mol. The molecule has 0 atom stereocenters. The van der Waals surface area contributed by atoms with E-state index in [-0.39, 0.29) is 11.9 Å². The minimum atomic E-state index is -4.34. The van der Waals surface area contributed by atoms with Crippen molar-refractivity contribution in [3.8, 4) is 0 Å². The predicted molar refractivity (Wildman–Crippen MR) is 105 cm³/mol. The van der Waals surface area contributed by atoms with Crippen LogP contribution in [0.15, 0.2) is 48.5 Å². The number of nitrogens with zero attached hydrogens (tertiary/aromatic N) is 1. The van der Waals surface area contributed by atoms with Gasteiger partial charge < -0.3 is 10.1 Å².